The molecule has 0 spiro atoms. The number of carbonyl (C=O) groups is 1. The Morgan fingerprint density at radius 2 is 1.91 bits per heavy atom. The molecule has 186 valence electrons. The smallest absolute Gasteiger partial charge is 0.404 e. The predicted octanol–water partition coefficient (Wildman–Crippen LogP) is 5.38. The van der Waals surface area contributed by atoms with Gasteiger partial charge in [-0.1, -0.05) is 19.0 Å². The Kier molecular flexibility index (Phi) is 7.76. The molecule has 1 aliphatic carbocycles. The SMILES string of the molecule is CON=Cc1c(CNC(=O)O)n(C2CCN([C@H]3CC[C@@H](C(C)C)CC3)CC2)c2ccc(F)cc12. The number of oxime groups is 1. The van der Waals surface area contributed by atoms with Gasteiger partial charge in [0.2, 0.25) is 0 Å². The molecule has 2 aliphatic rings. The van der Waals surface area contributed by atoms with Gasteiger partial charge in [0.05, 0.1) is 12.8 Å². The van der Waals surface area contributed by atoms with Gasteiger partial charge in [-0.3, -0.25) is 0 Å². The molecule has 1 aromatic carbocycles. The van der Waals surface area contributed by atoms with Gasteiger partial charge in [0.15, 0.2) is 0 Å². The summed E-state index contributed by atoms with van der Waals surface area (Å²) in [6.07, 6.45) is 7.63. The van der Waals surface area contributed by atoms with Crippen molar-refractivity contribution in [2.75, 3.05) is 20.2 Å². The summed E-state index contributed by atoms with van der Waals surface area (Å²) in [6, 6.07) is 5.64. The Morgan fingerprint density at radius 1 is 1.21 bits per heavy atom. The summed E-state index contributed by atoms with van der Waals surface area (Å²) in [5, 5.41) is 16.4. The van der Waals surface area contributed by atoms with Crippen LogP contribution in [0.5, 0.6) is 0 Å². The van der Waals surface area contributed by atoms with E-state index in [0.29, 0.717) is 11.6 Å². The number of piperidine rings is 1. The molecule has 1 aliphatic heterocycles. The van der Waals surface area contributed by atoms with Crippen molar-refractivity contribution < 1.29 is 19.1 Å². The van der Waals surface area contributed by atoms with Crippen molar-refractivity contribution in [3.63, 3.8) is 0 Å². The molecule has 2 N–H and O–H groups in total. The highest BCUT2D eigenvalue weighted by atomic mass is 19.1. The first-order valence-corrected chi connectivity index (χ1v) is 12.5. The van der Waals surface area contributed by atoms with Crippen molar-refractivity contribution >= 4 is 23.2 Å². The van der Waals surface area contributed by atoms with Crippen LogP contribution in [0.15, 0.2) is 23.4 Å². The minimum atomic E-state index is -1.09. The van der Waals surface area contributed by atoms with Crippen molar-refractivity contribution in [1.82, 2.24) is 14.8 Å². The zero-order valence-corrected chi connectivity index (χ0v) is 20.5. The summed E-state index contributed by atoms with van der Waals surface area (Å²) in [5.41, 5.74) is 2.39. The minimum absolute atomic E-state index is 0.121. The van der Waals surface area contributed by atoms with E-state index in [9.17, 15) is 14.3 Å². The number of aromatic nitrogens is 1. The van der Waals surface area contributed by atoms with Gasteiger partial charge in [-0.15, -0.1) is 0 Å². The lowest BCUT2D eigenvalue weighted by molar-refractivity contribution is 0.0889. The fourth-order valence-corrected chi connectivity index (χ4v) is 6.01. The van der Waals surface area contributed by atoms with Crippen LogP contribution in [0.1, 0.15) is 69.7 Å². The maximum atomic E-state index is 14.2. The molecule has 1 saturated heterocycles. The number of amides is 1. The van der Waals surface area contributed by atoms with Gasteiger partial charge in [0.1, 0.15) is 12.9 Å². The summed E-state index contributed by atoms with van der Waals surface area (Å²) in [7, 11) is 1.45. The number of benzene rings is 1. The van der Waals surface area contributed by atoms with Crippen LogP contribution in [0, 0.1) is 17.7 Å². The summed E-state index contributed by atoms with van der Waals surface area (Å²) < 4.78 is 16.4. The van der Waals surface area contributed by atoms with Gasteiger partial charge in [0, 0.05) is 47.3 Å². The number of fused-ring (bicyclic) bond motifs is 1. The number of nitrogens with one attached hydrogen (secondary N) is 1. The van der Waals surface area contributed by atoms with Crippen LogP contribution in [-0.4, -0.2) is 53.1 Å². The molecule has 2 aromatic rings. The third-order valence-electron chi connectivity index (χ3n) is 7.87. The number of halogens is 1. The lowest BCUT2D eigenvalue weighted by Crippen LogP contribution is -2.44. The molecule has 4 rings (SSSR count). The molecule has 0 radical (unpaired) electrons. The second kappa shape index (κ2) is 10.8. The molecule has 7 nitrogen and oxygen atoms in total. The van der Waals surface area contributed by atoms with Crippen LogP contribution >= 0.6 is 0 Å². The Labute approximate surface area is 200 Å². The number of carboxylic acid groups (broad SMARTS) is 1. The van der Waals surface area contributed by atoms with Gasteiger partial charge < -0.3 is 24.7 Å². The van der Waals surface area contributed by atoms with Crippen LogP contribution in [0.25, 0.3) is 10.9 Å². The number of nitrogens with zero attached hydrogens (tertiary/aromatic N) is 3. The maximum absolute atomic E-state index is 14.2. The van der Waals surface area contributed by atoms with E-state index in [1.807, 2.05) is 0 Å². The minimum Gasteiger partial charge on any atom is -0.465 e. The van der Waals surface area contributed by atoms with E-state index in [0.717, 1.165) is 54.4 Å². The van der Waals surface area contributed by atoms with E-state index in [1.54, 1.807) is 12.3 Å². The Bertz CT molecular complexity index is 1020. The normalized spacial score (nSPS) is 22.6. The molecule has 0 bridgehead atoms. The highest BCUT2D eigenvalue weighted by Crippen LogP contribution is 2.37. The van der Waals surface area contributed by atoms with Crippen molar-refractivity contribution in [2.45, 2.75) is 71.0 Å². The van der Waals surface area contributed by atoms with Crippen LogP contribution in [0.3, 0.4) is 0 Å². The van der Waals surface area contributed by atoms with Crippen LogP contribution in [-0.2, 0) is 11.4 Å². The topological polar surface area (TPSA) is 79.1 Å². The van der Waals surface area contributed by atoms with Gasteiger partial charge >= 0.3 is 6.09 Å². The quantitative estimate of drug-likeness (QED) is 0.419. The van der Waals surface area contributed by atoms with Gasteiger partial charge in [-0.05, 0) is 68.6 Å². The zero-order chi connectivity index (χ0) is 24.2. The summed E-state index contributed by atoms with van der Waals surface area (Å²) in [5.74, 6) is 1.30. The highest BCUT2D eigenvalue weighted by molar-refractivity contribution is 6.01. The Balaban J connectivity index is 1.58. The summed E-state index contributed by atoms with van der Waals surface area (Å²) in [4.78, 5) is 18.8. The van der Waals surface area contributed by atoms with Crippen LogP contribution in [0.2, 0.25) is 0 Å². The van der Waals surface area contributed by atoms with Crippen LogP contribution in [0.4, 0.5) is 9.18 Å². The van der Waals surface area contributed by atoms with E-state index in [4.69, 9.17) is 4.84 Å². The molecule has 1 saturated carbocycles. The van der Waals surface area contributed by atoms with Crippen molar-refractivity contribution in [2.24, 2.45) is 17.0 Å². The average molecular weight is 473 g/mol. The molecule has 34 heavy (non-hydrogen) atoms. The monoisotopic (exact) mass is 472 g/mol. The molecule has 1 amide bonds. The van der Waals surface area contributed by atoms with Gasteiger partial charge in [-0.2, -0.15) is 0 Å². The van der Waals surface area contributed by atoms with Crippen molar-refractivity contribution in [3.05, 3.63) is 35.3 Å². The molecule has 0 atom stereocenters. The molecule has 0 unspecified atom stereocenters. The number of rotatable bonds is 7. The second-order valence-electron chi connectivity index (χ2n) is 10.0. The lowest BCUT2D eigenvalue weighted by Gasteiger charge is -2.42. The number of likely N-dealkylation sites (tertiary alicyclic amines) is 1. The standard InChI is InChI=1S/C26H37FN4O3/c1-17(2)18-4-7-20(8-5-18)30-12-10-21(11-13-30)31-24-9-6-19(27)14-22(24)23(15-29-34-3)25(31)16-28-26(32)33/h6,9,14-15,17-18,20-21,28H,4-5,7-8,10-13,16H2,1-3H3,(H,32,33)/t18-,20+. The maximum Gasteiger partial charge on any atom is 0.404 e. The third-order valence-corrected chi connectivity index (χ3v) is 7.87. The van der Waals surface area contributed by atoms with Crippen molar-refractivity contribution in [3.8, 4) is 0 Å². The predicted molar refractivity (Wildman–Crippen MR) is 132 cm³/mol. The molecule has 1 aromatic heterocycles. The summed E-state index contributed by atoms with van der Waals surface area (Å²) in [6.45, 7) is 6.85. The molecule has 2 heterocycles. The van der Waals surface area contributed by atoms with Crippen LogP contribution < -0.4 is 5.32 Å². The molecule has 2 fully saturated rings. The lowest BCUT2D eigenvalue weighted by atomic mass is 9.79. The van der Waals surface area contributed by atoms with E-state index < -0.39 is 6.09 Å². The second-order valence-corrected chi connectivity index (χ2v) is 10.0. The molecular weight excluding hydrogens is 435 g/mol. The van der Waals surface area contributed by atoms with E-state index in [1.165, 1.54) is 44.9 Å². The fourth-order valence-electron chi connectivity index (χ4n) is 6.01. The Morgan fingerprint density at radius 3 is 2.53 bits per heavy atom. The van der Waals surface area contributed by atoms with E-state index >= 15 is 0 Å². The zero-order valence-electron chi connectivity index (χ0n) is 20.5. The van der Waals surface area contributed by atoms with E-state index in [2.05, 4.69) is 33.8 Å². The van der Waals surface area contributed by atoms with Crippen molar-refractivity contribution in [1.29, 1.82) is 0 Å². The molecule has 8 heteroatoms. The summed E-state index contributed by atoms with van der Waals surface area (Å²) >= 11 is 0. The number of hydrogen-bond acceptors (Lipinski definition) is 4. The Hall–Kier alpha value is -2.61. The largest absolute Gasteiger partial charge is 0.465 e. The third kappa shape index (κ3) is 5.22. The molecular formula is C26H37FN4O3. The fraction of sp³-hybridized carbons (Fsp3) is 0.615. The first-order valence-electron chi connectivity index (χ1n) is 12.5. The van der Waals surface area contributed by atoms with Gasteiger partial charge in [-0.25, -0.2) is 9.18 Å². The first-order chi connectivity index (χ1) is 16.4. The first kappa shape index (κ1) is 24.5. The average Bonchev–Trinajstić information content (AvgIpc) is 3.13. The number of hydrogen-bond donors (Lipinski definition) is 2. The van der Waals surface area contributed by atoms with E-state index in [-0.39, 0.29) is 18.4 Å². The van der Waals surface area contributed by atoms with Gasteiger partial charge in [0.25, 0.3) is 0 Å². The highest BCUT2D eigenvalue weighted by Gasteiger charge is 2.32.